The molecule has 0 radical (unpaired) electrons. The number of methoxy groups -OCH3 is 1. The molecule has 0 saturated heterocycles. The number of hydrogen-bond acceptors (Lipinski definition) is 8. The highest BCUT2D eigenvalue weighted by Gasteiger charge is 2.09. The molecular formula is C19H21N7O2S. The molecule has 0 aliphatic carbocycles. The van der Waals surface area contributed by atoms with Crippen LogP contribution >= 0.6 is 11.8 Å². The molecule has 150 valence electrons. The lowest BCUT2D eigenvalue weighted by Crippen LogP contribution is -2.24. The van der Waals surface area contributed by atoms with E-state index in [-0.39, 0.29) is 11.7 Å². The van der Waals surface area contributed by atoms with Crippen LogP contribution in [0.25, 0.3) is 0 Å². The number of aromatic nitrogens is 4. The zero-order valence-corrected chi connectivity index (χ0v) is 16.9. The first-order valence-electron chi connectivity index (χ1n) is 8.80. The van der Waals surface area contributed by atoms with E-state index in [4.69, 9.17) is 4.74 Å². The van der Waals surface area contributed by atoms with E-state index in [1.54, 1.807) is 19.5 Å². The van der Waals surface area contributed by atoms with Crippen molar-refractivity contribution in [1.29, 1.82) is 0 Å². The van der Waals surface area contributed by atoms with Gasteiger partial charge in [-0.3, -0.25) is 9.78 Å². The molecule has 0 aliphatic heterocycles. The first-order valence-corrected chi connectivity index (χ1v) is 9.78. The van der Waals surface area contributed by atoms with Crippen LogP contribution in [0.2, 0.25) is 0 Å². The zero-order chi connectivity index (χ0) is 20.5. The topological polar surface area (TPSA) is 117 Å². The molecule has 3 rings (SSSR count). The summed E-state index contributed by atoms with van der Waals surface area (Å²) in [6.07, 6.45) is 3.43. The number of aromatic amines is 1. The van der Waals surface area contributed by atoms with Crippen LogP contribution in [0.5, 0.6) is 5.75 Å². The minimum atomic E-state index is -0.120. The summed E-state index contributed by atoms with van der Waals surface area (Å²) in [5.41, 5.74) is 5.40. The molecule has 29 heavy (non-hydrogen) atoms. The van der Waals surface area contributed by atoms with Gasteiger partial charge in [0.25, 0.3) is 0 Å². The first-order chi connectivity index (χ1) is 14.2. The third-order valence-electron chi connectivity index (χ3n) is 3.87. The summed E-state index contributed by atoms with van der Waals surface area (Å²) < 4.78 is 5.28. The summed E-state index contributed by atoms with van der Waals surface area (Å²) in [6, 6.07) is 11.3. The van der Waals surface area contributed by atoms with Crippen molar-refractivity contribution in [3.05, 3.63) is 59.9 Å². The van der Waals surface area contributed by atoms with Crippen molar-refractivity contribution in [2.24, 2.45) is 5.10 Å². The molecule has 0 bridgehead atoms. The Hall–Kier alpha value is -3.40. The molecule has 0 unspecified atom stereocenters. The van der Waals surface area contributed by atoms with Gasteiger partial charge in [0.1, 0.15) is 5.75 Å². The molecule has 10 heteroatoms. The molecule has 0 saturated carbocycles. The number of benzene rings is 1. The van der Waals surface area contributed by atoms with E-state index in [0.29, 0.717) is 17.6 Å². The number of amides is 1. The van der Waals surface area contributed by atoms with Gasteiger partial charge in [0.2, 0.25) is 17.0 Å². The Bertz CT molecular complexity index is 975. The Balaban J connectivity index is 1.46. The smallest absolute Gasteiger partial charge is 0.240 e. The van der Waals surface area contributed by atoms with Crippen LogP contribution in [0.3, 0.4) is 0 Å². The molecule has 0 aliphatic rings. The number of hydrazone groups is 1. The summed E-state index contributed by atoms with van der Waals surface area (Å²) >= 11 is 1.23. The molecule has 1 amide bonds. The first kappa shape index (κ1) is 20.3. The molecule has 2 heterocycles. The fourth-order valence-electron chi connectivity index (χ4n) is 2.36. The summed E-state index contributed by atoms with van der Waals surface area (Å²) in [4.78, 5) is 20.4. The van der Waals surface area contributed by atoms with E-state index in [1.165, 1.54) is 11.8 Å². The van der Waals surface area contributed by atoms with Gasteiger partial charge in [-0.25, -0.2) is 10.5 Å². The van der Waals surface area contributed by atoms with Crippen LogP contribution in [0.1, 0.15) is 18.1 Å². The maximum Gasteiger partial charge on any atom is 0.240 e. The van der Waals surface area contributed by atoms with Gasteiger partial charge in [0, 0.05) is 30.1 Å². The third-order valence-corrected chi connectivity index (χ3v) is 4.72. The van der Waals surface area contributed by atoms with E-state index in [9.17, 15) is 4.79 Å². The van der Waals surface area contributed by atoms with Crippen LogP contribution in [0.15, 0.2) is 59.0 Å². The number of rotatable bonds is 9. The number of pyridine rings is 1. The highest BCUT2D eigenvalue weighted by molar-refractivity contribution is 7.99. The SMILES string of the molecule is COc1ccccc1CNC(=O)CSc1n[nH]c(N/N=C(/C)c2cccnc2)n1. The number of nitrogens with one attached hydrogen (secondary N) is 3. The number of ether oxygens (including phenoxy) is 1. The molecular weight excluding hydrogens is 390 g/mol. The Labute approximate surface area is 172 Å². The predicted octanol–water partition coefficient (Wildman–Crippen LogP) is 2.45. The van der Waals surface area contributed by atoms with E-state index in [2.05, 4.69) is 36.0 Å². The second kappa shape index (κ2) is 10.2. The minimum absolute atomic E-state index is 0.120. The van der Waals surface area contributed by atoms with Crippen LogP contribution in [-0.4, -0.2) is 44.6 Å². The van der Waals surface area contributed by atoms with Crippen molar-refractivity contribution >= 4 is 29.3 Å². The van der Waals surface area contributed by atoms with Crippen LogP contribution in [0.4, 0.5) is 5.95 Å². The van der Waals surface area contributed by atoms with Crippen LogP contribution in [0, 0.1) is 0 Å². The fraction of sp³-hybridized carbons (Fsp3) is 0.211. The molecule has 3 aromatic rings. The summed E-state index contributed by atoms with van der Waals surface area (Å²) in [7, 11) is 1.60. The molecule has 9 nitrogen and oxygen atoms in total. The van der Waals surface area contributed by atoms with Crippen LogP contribution in [-0.2, 0) is 11.3 Å². The standard InChI is InChI=1S/C19H21N7O2S/c1-13(14-7-5-9-20-10-14)23-24-18-22-19(26-25-18)29-12-17(27)21-11-15-6-3-4-8-16(15)28-2/h3-10H,11-12H2,1-2H3,(H,21,27)(H2,22,24,25,26)/b23-13-. The maximum absolute atomic E-state index is 12.1. The Kier molecular flexibility index (Phi) is 7.17. The number of carbonyl (C=O) groups is 1. The van der Waals surface area contributed by atoms with E-state index < -0.39 is 0 Å². The lowest BCUT2D eigenvalue weighted by atomic mass is 10.2. The average Bonchev–Trinajstić information content (AvgIpc) is 3.23. The second-order valence-electron chi connectivity index (χ2n) is 5.89. The quantitative estimate of drug-likeness (QED) is 0.281. The minimum Gasteiger partial charge on any atom is -0.496 e. The van der Waals surface area contributed by atoms with Crippen LogP contribution < -0.4 is 15.5 Å². The molecule has 0 atom stereocenters. The molecule has 0 fully saturated rings. The van der Waals surface area contributed by atoms with Gasteiger partial charge in [0.15, 0.2) is 0 Å². The maximum atomic E-state index is 12.1. The Morgan fingerprint density at radius 3 is 2.93 bits per heavy atom. The predicted molar refractivity (Wildman–Crippen MR) is 112 cm³/mol. The van der Waals surface area contributed by atoms with E-state index in [0.717, 1.165) is 22.6 Å². The molecule has 3 N–H and O–H groups in total. The van der Waals surface area contributed by atoms with Crippen molar-refractivity contribution in [1.82, 2.24) is 25.5 Å². The summed E-state index contributed by atoms with van der Waals surface area (Å²) in [5, 5.41) is 14.4. The summed E-state index contributed by atoms with van der Waals surface area (Å²) in [5.74, 6) is 1.22. The monoisotopic (exact) mass is 411 g/mol. The number of carbonyl (C=O) groups excluding carboxylic acids is 1. The number of hydrogen-bond donors (Lipinski definition) is 3. The van der Waals surface area contributed by atoms with Crippen molar-refractivity contribution in [3.8, 4) is 5.75 Å². The van der Waals surface area contributed by atoms with Crippen molar-refractivity contribution in [2.45, 2.75) is 18.6 Å². The van der Waals surface area contributed by atoms with E-state index >= 15 is 0 Å². The highest BCUT2D eigenvalue weighted by atomic mass is 32.2. The lowest BCUT2D eigenvalue weighted by Gasteiger charge is -2.08. The number of para-hydroxylation sites is 1. The third kappa shape index (κ3) is 6.04. The highest BCUT2D eigenvalue weighted by Crippen LogP contribution is 2.17. The van der Waals surface area contributed by atoms with Crippen molar-refractivity contribution < 1.29 is 9.53 Å². The van der Waals surface area contributed by atoms with Gasteiger partial charge in [-0.2, -0.15) is 10.1 Å². The largest absolute Gasteiger partial charge is 0.496 e. The van der Waals surface area contributed by atoms with Crippen molar-refractivity contribution in [3.63, 3.8) is 0 Å². The Morgan fingerprint density at radius 2 is 2.14 bits per heavy atom. The lowest BCUT2D eigenvalue weighted by molar-refractivity contribution is -0.118. The number of H-pyrrole nitrogens is 1. The fourth-order valence-corrected chi connectivity index (χ4v) is 2.99. The van der Waals surface area contributed by atoms with Crippen molar-refractivity contribution in [2.75, 3.05) is 18.3 Å². The van der Waals surface area contributed by atoms with Gasteiger partial charge < -0.3 is 10.1 Å². The summed E-state index contributed by atoms with van der Waals surface area (Å²) in [6.45, 7) is 2.26. The zero-order valence-electron chi connectivity index (χ0n) is 16.0. The van der Waals surface area contributed by atoms with Gasteiger partial charge in [-0.1, -0.05) is 36.0 Å². The normalized spacial score (nSPS) is 11.2. The number of nitrogens with zero attached hydrogens (tertiary/aromatic N) is 4. The number of anilines is 1. The van der Waals surface area contributed by atoms with E-state index in [1.807, 2.05) is 43.3 Å². The Morgan fingerprint density at radius 1 is 1.28 bits per heavy atom. The molecule has 1 aromatic carbocycles. The second-order valence-corrected chi connectivity index (χ2v) is 6.84. The van der Waals surface area contributed by atoms with Gasteiger partial charge >= 0.3 is 0 Å². The molecule has 0 spiro atoms. The average molecular weight is 411 g/mol. The van der Waals surface area contributed by atoms with Gasteiger partial charge in [-0.05, 0) is 19.1 Å². The van der Waals surface area contributed by atoms with Gasteiger partial charge in [-0.15, -0.1) is 5.10 Å². The number of thioether (sulfide) groups is 1. The van der Waals surface area contributed by atoms with Gasteiger partial charge in [0.05, 0.1) is 18.6 Å². The molecule has 2 aromatic heterocycles.